The zero-order chi connectivity index (χ0) is 11.1. The zero-order valence-corrected chi connectivity index (χ0v) is 10.5. The summed E-state index contributed by atoms with van der Waals surface area (Å²) in [6.45, 7) is 1.60. The van der Waals surface area contributed by atoms with Crippen molar-refractivity contribution >= 4 is 30.7 Å². The zero-order valence-electron chi connectivity index (χ0n) is 8.07. The maximum atomic E-state index is 11.9. The van der Waals surface area contributed by atoms with E-state index in [9.17, 15) is 8.42 Å². The van der Waals surface area contributed by atoms with Gasteiger partial charge in [-0.2, -0.15) is 0 Å². The molecule has 1 aliphatic heterocycles. The van der Waals surface area contributed by atoms with Crippen molar-refractivity contribution in [3.63, 3.8) is 0 Å². The van der Waals surface area contributed by atoms with Crippen LogP contribution in [0.25, 0.3) is 4.91 Å². The number of rotatable bonds is 1. The topological polar surface area (TPSA) is 34.1 Å². The number of sulfone groups is 1. The van der Waals surface area contributed by atoms with Crippen LogP contribution in [0.2, 0.25) is 0 Å². The molecule has 0 saturated carbocycles. The Kier molecular flexibility index (Phi) is 2.56. The first kappa shape index (κ1) is 10.6. The molecule has 2 rings (SSSR count). The molecule has 0 N–H and O–H groups in total. The summed E-state index contributed by atoms with van der Waals surface area (Å²) in [6.07, 6.45) is 1.64. The van der Waals surface area contributed by atoms with Crippen molar-refractivity contribution in [1.82, 2.24) is 0 Å². The highest BCUT2D eigenvalue weighted by Crippen LogP contribution is 2.39. The average Bonchev–Trinajstić information content (AvgIpc) is 2.37. The first-order valence-electron chi connectivity index (χ1n) is 4.42. The summed E-state index contributed by atoms with van der Waals surface area (Å²) < 4.78 is 24.5. The molecular formula is C11H9BrO2S. The van der Waals surface area contributed by atoms with E-state index in [1.165, 1.54) is 0 Å². The van der Waals surface area contributed by atoms with Gasteiger partial charge in [-0.05, 0) is 34.5 Å². The number of hydrogen-bond acceptors (Lipinski definition) is 2. The average molecular weight is 285 g/mol. The Morgan fingerprint density at radius 3 is 2.20 bits per heavy atom. The monoisotopic (exact) mass is 284 g/mol. The number of hydrogen-bond donors (Lipinski definition) is 0. The predicted molar refractivity (Wildman–Crippen MR) is 65.0 cm³/mol. The lowest BCUT2D eigenvalue weighted by Gasteiger charge is -2.04. The lowest BCUT2D eigenvalue weighted by molar-refractivity contribution is 0.612. The molecule has 0 amide bonds. The second-order valence-corrected chi connectivity index (χ2v) is 6.21. The van der Waals surface area contributed by atoms with Crippen LogP contribution in [0.15, 0.2) is 45.8 Å². The van der Waals surface area contributed by atoms with Gasteiger partial charge in [0.05, 0.1) is 4.91 Å². The largest absolute Gasteiger partial charge is 0.219 e. The molecule has 0 unspecified atom stereocenters. The Balaban J connectivity index is 2.64. The second kappa shape index (κ2) is 3.61. The summed E-state index contributed by atoms with van der Waals surface area (Å²) in [5.41, 5.74) is 0.720. The molecule has 1 aromatic rings. The van der Waals surface area contributed by atoms with Crippen LogP contribution in [0.1, 0.15) is 12.5 Å². The molecule has 15 heavy (non-hydrogen) atoms. The molecule has 1 aromatic carbocycles. The van der Waals surface area contributed by atoms with E-state index < -0.39 is 9.84 Å². The molecule has 0 saturated heterocycles. The van der Waals surface area contributed by atoms with Gasteiger partial charge in [-0.25, -0.2) is 8.42 Å². The third-order valence-corrected chi connectivity index (χ3v) is 5.12. The fourth-order valence-electron chi connectivity index (χ4n) is 1.49. The molecule has 1 heterocycles. The minimum atomic E-state index is -3.27. The summed E-state index contributed by atoms with van der Waals surface area (Å²) >= 11 is 3.28. The minimum absolute atomic E-state index is 0.362. The second-order valence-electron chi connectivity index (χ2n) is 3.30. The van der Waals surface area contributed by atoms with Crippen LogP contribution in [-0.4, -0.2) is 8.42 Å². The van der Waals surface area contributed by atoms with Crippen LogP contribution >= 0.6 is 15.9 Å². The minimum Gasteiger partial charge on any atom is -0.219 e. The SMILES string of the molecule is CC1=CC(Br)=C(c2ccccc2)S1(=O)=O. The van der Waals surface area contributed by atoms with E-state index in [0.29, 0.717) is 14.3 Å². The van der Waals surface area contributed by atoms with E-state index >= 15 is 0 Å². The van der Waals surface area contributed by atoms with E-state index in [1.807, 2.05) is 18.2 Å². The standard InChI is InChI=1S/C11H9BrO2S/c1-8-7-10(12)11(15(8,13)14)9-5-3-2-4-6-9/h2-7H,1H3. The highest BCUT2D eigenvalue weighted by molar-refractivity contribution is 9.12. The maximum absolute atomic E-state index is 11.9. The van der Waals surface area contributed by atoms with Gasteiger partial charge >= 0.3 is 0 Å². The molecular weight excluding hydrogens is 276 g/mol. The van der Waals surface area contributed by atoms with Crippen molar-refractivity contribution in [2.75, 3.05) is 0 Å². The Bertz CT molecular complexity index is 554. The van der Waals surface area contributed by atoms with Gasteiger partial charge < -0.3 is 0 Å². The highest BCUT2D eigenvalue weighted by atomic mass is 79.9. The maximum Gasteiger partial charge on any atom is 0.204 e. The van der Waals surface area contributed by atoms with Crippen molar-refractivity contribution in [2.24, 2.45) is 0 Å². The van der Waals surface area contributed by atoms with Crippen molar-refractivity contribution in [3.8, 4) is 0 Å². The van der Waals surface area contributed by atoms with Crippen LogP contribution in [0.5, 0.6) is 0 Å². The van der Waals surface area contributed by atoms with Crippen LogP contribution in [0, 0.1) is 0 Å². The van der Waals surface area contributed by atoms with Gasteiger partial charge in [-0.3, -0.25) is 0 Å². The summed E-state index contributed by atoms with van der Waals surface area (Å²) in [5.74, 6) is 0. The van der Waals surface area contributed by atoms with Crippen LogP contribution in [0.4, 0.5) is 0 Å². The van der Waals surface area contributed by atoms with E-state index in [1.54, 1.807) is 25.1 Å². The van der Waals surface area contributed by atoms with Gasteiger partial charge in [-0.1, -0.05) is 30.3 Å². The molecule has 0 bridgehead atoms. The first-order chi connectivity index (χ1) is 7.03. The van der Waals surface area contributed by atoms with Crippen molar-refractivity contribution < 1.29 is 8.42 Å². The van der Waals surface area contributed by atoms with Gasteiger partial charge in [0.15, 0.2) is 0 Å². The van der Waals surface area contributed by atoms with E-state index in [2.05, 4.69) is 15.9 Å². The number of halogens is 1. The Morgan fingerprint density at radius 2 is 1.73 bits per heavy atom. The Hall–Kier alpha value is -0.870. The quantitative estimate of drug-likeness (QED) is 0.794. The molecule has 2 nitrogen and oxygen atoms in total. The number of allylic oxidation sites excluding steroid dienone is 3. The van der Waals surface area contributed by atoms with Crippen LogP contribution in [0.3, 0.4) is 0 Å². The Morgan fingerprint density at radius 1 is 1.13 bits per heavy atom. The third-order valence-electron chi connectivity index (χ3n) is 2.28. The van der Waals surface area contributed by atoms with Gasteiger partial charge in [0.25, 0.3) is 0 Å². The van der Waals surface area contributed by atoms with Crippen LogP contribution < -0.4 is 0 Å². The molecule has 4 heteroatoms. The molecule has 0 atom stereocenters. The molecule has 78 valence electrons. The van der Waals surface area contributed by atoms with Gasteiger partial charge in [0, 0.05) is 9.39 Å². The third kappa shape index (κ3) is 1.68. The molecule has 0 aromatic heterocycles. The molecule has 0 fully saturated rings. The van der Waals surface area contributed by atoms with Crippen molar-refractivity contribution in [1.29, 1.82) is 0 Å². The van der Waals surface area contributed by atoms with Crippen LogP contribution in [-0.2, 0) is 9.84 Å². The predicted octanol–water partition coefficient (Wildman–Crippen LogP) is 3.08. The summed E-state index contributed by atoms with van der Waals surface area (Å²) in [5, 5.41) is 0. The van der Waals surface area contributed by atoms with E-state index in [-0.39, 0.29) is 0 Å². The fourth-order valence-corrected chi connectivity index (χ4v) is 4.21. The van der Waals surface area contributed by atoms with Crippen molar-refractivity contribution in [3.05, 3.63) is 51.4 Å². The van der Waals surface area contributed by atoms with Gasteiger partial charge in [0.2, 0.25) is 9.84 Å². The van der Waals surface area contributed by atoms with E-state index in [0.717, 1.165) is 5.56 Å². The van der Waals surface area contributed by atoms with E-state index in [4.69, 9.17) is 0 Å². The number of benzene rings is 1. The fraction of sp³-hybridized carbons (Fsp3) is 0.0909. The lowest BCUT2D eigenvalue weighted by atomic mass is 10.2. The van der Waals surface area contributed by atoms with Gasteiger partial charge in [0.1, 0.15) is 0 Å². The normalized spacial score (nSPS) is 19.2. The summed E-state index contributed by atoms with van der Waals surface area (Å²) in [4.78, 5) is 0.744. The first-order valence-corrected chi connectivity index (χ1v) is 6.69. The van der Waals surface area contributed by atoms with Crippen molar-refractivity contribution in [2.45, 2.75) is 6.92 Å². The Labute approximate surface area is 97.4 Å². The molecule has 0 aliphatic carbocycles. The summed E-state index contributed by atoms with van der Waals surface area (Å²) in [7, 11) is -3.27. The molecule has 0 spiro atoms. The van der Waals surface area contributed by atoms with Gasteiger partial charge in [-0.15, -0.1) is 0 Å². The molecule has 1 aliphatic rings. The highest BCUT2D eigenvalue weighted by Gasteiger charge is 2.29. The molecule has 0 radical (unpaired) electrons. The smallest absolute Gasteiger partial charge is 0.204 e. The lowest BCUT2D eigenvalue weighted by Crippen LogP contribution is -2.00. The summed E-state index contributed by atoms with van der Waals surface area (Å²) in [6, 6.07) is 9.10.